The molecule has 6 heteroatoms. The van der Waals surface area contributed by atoms with Crippen molar-refractivity contribution in [3.8, 4) is 0 Å². The Balaban J connectivity index is 1.73. The van der Waals surface area contributed by atoms with Gasteiger partial charge in [0, 0.05) is 32.2 Å². The highest BCUT2D eigenvalue weighted by atomic mass is 16.6. The molecule has 0 aliphatic carbocycles. The molecule has 1 atom stereocenters. The molecular formula is C19H33N3O3. The SMILES string of the molecule is C=CC(=O)N1CCC(CN2CCC[C@@H](NC(=O)OC(C)(C)C)C2)CC1. The van der Waals surface area contributed by atoms with Crippen molar-refractivity contribution in [3.05, 3.63) is 12.7 Å². The van der Waals surface area contributed by atoms with Crippen molar-refractivity contribution in [1.29, 1.82) is 0 Å². The highest BCUT2D eigenvalue weighted by Gasteiger charge is 2.27. The first-order valence-electron chi connectivity index (χ1n) is 9.40. The second-order valence-electron chi connectivity index (χ2n) is 8.22. The fraction of sp³-hybridized carbons (Fsp3) is 0.789. The molecule has 142 valence electrons. The lowest BCUT2D eigenvalue weighted by atomic mass is 9.94. The molecule has 2 amide bonds. The number of carbonyl (C=O) groups excluding carboxylic acids is 2. The third kappa shape index (κ3) is 6.69. The van der Waals surface area contributed by atoms with E-state index in [1.54, 1.807) is 0 Å². The highest BCUT2D eigenvalue weighted by molar-refractivity contribution is 5.87. The summed E-state index contributed by atoms with van der Waals surface area (Å²) in [4.78, 5) is 27.9. The van der Waals surface area contributed by atoms with Gasteiger partial charge in [0.25, 0.3) is 0 Å². The number of hydrogen-bond donors (Lipinski definition) is 1. The van der Waals surface area contributed by atoms with Crippen LogP contribution in [0.2, 0.25) is 0 Å². The van der Waals surface area contributed by atoms with Crippen LogP contribution in [0.3, 0.4) is 0 Å². The minimum absolute atomic E-state index is 0.0399. The Hall–Kier alpha value is -1.56. The van der Waals surface area contributed by atoms with Gasteiger partial charge in [0.1, 0.15) is 5.60 Å². The molecule has 0 unspecified atom stereocenters. The van der Waals surface area contributed by atoms with Gasteiger partial charge in [0.2, 0.25) is 5.91 Å². The largest absolute Gasteiger partial charge is 0.444 e. The van der Waals surface area contributed by atoms with E-state index in [0.29, 0.717) is 5.92 Å². The summed E-state index contributed by atoms with van der Waals surface area (Å²) in [6, 6.07) is 0.158. The van der Waals surface area contributed by atoms with Crippen LogP contribution >= 0.6 is 0 Å². The monoisotopic (exact) mass is 351 g/mol. The van der Waals surface area contributed by atoms with Crippen molar-refractivity contribution in [2.24, 2.45) is 5.92 Å². The van der Waals surface area contributed by atoms with E-state index in [-0.39, 0.29) is 18.0 Å². The first-order valence-corrected chi connectivity index (χ1v) is 9.40. The highest BCUT2D eigenvalue weighted by Crippen LogP contribution is 2.21. The van der Waals surface area contributed by atoms with Crippen LogP contribution in [0.4, 0.5) is 4.79 Å². The fourth-order valence-corrected chi connectivity index (χ4v) is 3.64. The van der Waals surface area contributed by atoms with Crippen LogP contribution in [-0.2, 0) is 9.53 Å². The molecule has 0 spiro atoms. The van der Waals surface area contributed by atoms with Gasteiger partial charge in [-0.1, -0.05) is 6.58 Å². The van der Waals surface area contributed by atoms with Gasteiger partial charge in [0.15, 0.2) is 0 Å². The number of rotatable bonds is 4. The van der Waals surface area contributed by atoms with Crippen LogP contribution in [0.25, 0.3) is 0 Å². The van der Waals surface area contributed by atoms with Gasteiger partial charge < -0.3 is 19.9 Å². The zero-order valence-corrected chi connectivity index (χ0v) is 15.9. The first-order chi connectivity index (χ1) is 11.8. The molecule has 2 saturated heterocycles. The Kier molecular flexibility index (Phi) is 6.87. The summed E-state index contributed by atoms with van der Waals surface area (Å²) >= 11 is 0. The Morgan fingerprint density at radius 1 is 1.20 bits per heavy atom. The standard InChI is InChI=1S/C19H33N3O3/c1-5-17(23)22-11-8-15(9-12-22)13-21-10-6-7-16(14-21)20-18(24)25-19(2,3)4/h5,15-16H,1,6-14H2,2-4H3,(H,20,24)/t16-/m1/s1. The summed E-state index contributed by atoms with van der Waals surface area (Å²) in [6.45, 7) is 13.8. The smallest absolute Gasteiger partial charge is 0.407 e. The summed E-state index contributed by atoms with van der Waals surface area (Å²) < 4.78 is 5.36. The molecule has 0 radical (unpaired) electrons. The minimum atomic E-state index is -0.463. The van der Waals surface area contributed by atoms with E-state index in [0.717, 1.165) is 58.4 Å². The van der Waals surface area contributed by atoms with E-state index in [9.17, 15) is 9.59 Å². The van der Waals surface area contributed by atoms with E-state index >= 15 is 0 Å². The van der Waals surface area contributed by atoms with Crippen LogP contribution < -0.4 is 5.32 Å². The molecule has 2 aliphatic rings. The molecule has 25 heavy (non-hydrogen) atoms. The Bertz CT molecular complexity index is 479. The zero-order chi connectivity index (χ0) is 18.4. The Morgan fingerprint density at radius 2 is 1.88 bits per heavy atom. The number of alkyl carbamates (subject to hydrolysis) is 1. The number of nitrogens with zero attached hydrogens (tertiary/aromatic N) is 2. The summed E-state index contributed by atoms with van der Waals surface area (Å²) in [7, 11) is 0. The number of likely N-dealkylation sites (tertiary alicyclic amines) is 2. The molecule has 0 saturated carbocycles. The van der Waals surface area contributed by atoms with Gasteiger partial charge >= 0.3 is 6.09 Å². The second kappa shape index (κ2) is 8.70. The average molecular weight is 351 g/mol. The normalized spacial score (nSPS) is 23.2. The quantitative estimate of drug-likeness (QED) is 0.790. The van der Waals surface area contributed by atoms with E-state index < -0.39 is 5.60 Å². The number of hydrogen-bond acceptors (Lipinski definition) is 4. The third-order valence-electron chi connectivity index (χ3n) is 4.84. The van der Waals surface area contributed by atoms with Gasteiger partial charge in [-0.3, -0.25) is 4.79 Å². The van der Waals surface area contributed by atoms with E-state index in [2.05, 4.69) is 16.8 Å². The van der Waals surface area contributed by atoms with Crippen LogP contribution in [-0.4, -0.2) is 66.2 Å². The van der Waals surface area contributed by atoms with E-state index in [1.165, 1.54) is 6.08 Å². The van der Waals surface area contributed by atoms with Crippen LogP contribution in [0.15, 0.2) is 12.7 Å². The van der Waals surface area contributed by atoms with Gasteiger partial charge in [-0.15, -0.1) is 0 Å². The molecule has 0 aromatic heterocycles. The van der Waals surface area contributed by atoms with Crippen molar-refractivity contribution in [2.75, 3.05) is 32.7 Å². The average Bonchev–Trinajstić information content (AvgIpc) is 2.53. The van der Waals surface area contributed by atoms with Gasteiger partial charge in [0.05, 0.1) is 0 Å². The summed E-state index contributed by atoms with van der Waals surface area (Å²) in [5.74, 6) is 0.659. The minimum Gasteiger partial charge on any atom is -0.444 e. The lowest BCUT2D eigenvalue weighted by Gasteiger charge is -2.38. The van der Waals surface area contributed by atoms with Crippen LogP contribution in [0.5, 0.6) is 0 Å². The molecule has 2 rings (SSSR count). The Labute approximate surface area is 151 Å². The molecule has 1 N–H and O–H groups in total. The van der Waals surface area contributed by atoms with Crippen LogP contribution in [0, 0.1) is 5.92 Å². The van der Waals surface area contributed by atoms with E-state index in [4.69, 9.17) is 4.74 Å². The maximum Gasteiger partial charge on any atom is 0.407 e. The molecule has 2 aliphatic heterocycles. The van der Waals surface area contributed by atoms with Gasteiger partial charge in [-0.05, 0) is 65.0 Å². The summed E-state index contributed by atoms with van der Waals surface area (Å²) in [6.07, 6.45) is 5.25. The fourth-order valence-electron chi connectivity index (χ4n) is 3.64. The van der Waals surface area contributed by atoms with Crippen molar-refractivity contribution < 1.29 is 14.3 Å². The maximum absolute atomic E-state index is 12.0. The maximum atomic E-state index is 12.0. The predicted molar refractivity (Wildman–Crippen MR) is 98.3 cm³/mol. The lowest BCUT2D eigenvalue weighted by molar-refractivity contribution is -0.127. The zero-order valence-electron chi connectivity index (χ0n) is 15.9. The molecule has 0 aromatic carbocycles. The molecule has 6 nitrogen and oxygen atoms in total. The van der Waals surface area contributed by atoms with Crippen molar-refractivity contribution in [2.45, 2.75) is 58.1 Å². The van der Waals surface area contributed by atoms with E-state index in [1.807, 2.05) is 25.7 Å². The molecular weight excluding hydrogens is 318 g/mol. The first kappa shape index (κ1) is 19.8. The number of ether oxygens (including phenoxy) is 1. The number of nitrogens with one attached hydrogen (secondary N) is 1. The second-order valence-corrected chi connectivity index (χ2v) is 8.22. The lowest BCUT2D eigenvalue weighted by Crippen LogP contribution is -2.50. The van der Waals surface area contributed by atoms with Crippen molar-refractivity contribution in [3.63, 3.8) is 0 Å². The summed E-state index contributed by atoms with van der Waals surface area (Å²) in [5, 5.41) is 3.01. The summed E-state index contributed by atoms with van der Waals surface area (Å²) in [5.41, 5.74) is -0.463. The van der Waals surface area contributed by atoms with Crippen molar-refractivity contribution >= 4 is 12.0 Å². The molecule has 2 heterocycles. The predicted octanol–water partition coefficient (Wildman–Crippen LogP) is 2.40. The van der Waals surface area contributed by atoms with Gasteiger partial charge in [-0.25, -0.2) is 4.79 Å². The van der Waals surface area contributed by atoms with Crippen LogP contribution in [0.1, 0.15) is 46.5 Å². The number of piperidine rings is 2. The molecule has 0 bridgehead atoms. The van der Waals surface area contributed by atoms with Crippen molar-refractivity contribution in [1.82, 2.24) is 15.1 Å². The molecule has 0 aromatic rings. The number of carbonyl (C=O) groups is 2. The topological polar surface area (TPSA) is 61.9 Å². The van der Waals surface area contributed by atoms with Gasteiger partial charge in [-0.2, -0.15) is 0 Å². The third-order valence-corrected chi connectivity index (χ3v) is 4.84. The molecule has 2 fully saturated rings. The number of amides is 2. The Morgan fingerprint density at radius 3 is 2.48 bits per heavy atom.